The van der Waals surface area contributed by atoms with Gasteiger partial charge in [-0.25, -0.2) is 4.39 Å². The molecule has 0 amide bonds. The van der Waals surface area contributed by atoms with E-state index < -0.39 is 0 Å². The molecule has 1 aliphatic heterocycles. The van der Waals surface area contributed by atoms with E-state index in [4.69, 9.17) is 0 Å². The fraction of sp³-hybridized carbons (Fsp3) is 0.389. The van der Waals surface area contributed by atoms with Crippen LogP contribution in [-0.4, -0.2) is 34.8 Å². The third kappa shape index (κ3) is 6.60. The summed E-state index contributed by atoms with van der Waals surface area (Å²) in [6, 6.07) is 11.1. The number of benzene rings is 1. The van der Waals surface area contributed by atoms with Crippen LogP contribution in [0.1, 0.15) is 18.4 Å². The monoisotopic (exact) mass is 388 g/mol. The molecule has 24 heavy (non-hydrogen) atoms. The van der Waals surface area contributed by atoms with Crippen LogP contribution < -0.4 is 0 Å². The molecule has 2 nitrogen and oxygen atoms in total. The van der Waals surface area contributed by atoms with Crippen molar-refractivity contribution in [2.45, 2.75) is 29.4 Å². The number of pyridine rings is 1. The summed E-state index contributed by atoms with van der Waals surface area (Å²) in [6.45, 7) is 3.38. The Labute approximate surface area is 160 Å². The van der Waals surface area contributed by atoms with Crippen molar-refractivity contribution in [2.75, 3.05) is 19.6 Å². The van der Waals surface area contributed by atoms with Gasteiger partial charge in [-0.15, -0.1) is 36.6 Å². The molecule has 132 valence electrons. The van der Waals surface area contributed by atoms with E-state index in [1.807, 2.05) is 36.3 Å². The Hall–Kier alpha value is -0.810. The van der Waals surface area contributed by atoms with Crippen LogP contribution in [0.15, 0.2) is 53.7 Å². The first-order valence-electron chi connectivity index (χ1n) is 7.83. The summed E-state index contributed by atoms with van der Waals surface area (Å²) in [5, 5.41) is 0.712. The molecule has 0 N–H and O–H groups in total. The van der Waals surface area contributed by atoms with E-state index in [1.165, 1.54) is 23.3 Å². The normalized spacial score (nSPS) is 15.4. The highest BCUT2D eigenvalue weighted by molar-refractivity contribution is 8.00. The van der Waals surface area contributed by atoms with Crippen LogP contribution >= 0.6 is 36.6 Å². The van der Waals surface area contributed by atoms with Crippen LogP contribution in [0, 0.1) is 5.82 Å². The zero-order valence-electron chi connectivity index (χ0n) is 13.4. The van der Waals surface area contributed by atoms with E-state index in [9.17, 15) is 4.39 Å². The topological polar surface area (TPSA) is 16.1 Å². The van der Waals surface area contributed by atoms with Gasteiger partial charge in [-0.1, -0.05) is 12.1 Å². The van der Waals surface area contributed by atoms with Crippen molar-refractivity contribution >= 4 is 36.6 Å². The summed E-state index contributed by atoms with van der Waals surface area (Å²) in [6.07, 6.45) is 7.19. The molecule has 0 radical (unpaired) electrons. The van der Waals surface area contributed by atoms with Crippen molar-refractivity contribution in [1.82, 2.24) is 9.88 Å². The molecule has 2 heterocycles. The number of hydrogen-bond acceptors (Lipinski definition) is 3. The maximum Gasteiger partial charge on any atom is 0.123 e. The van der Waals surface area contributed by atoms with Crippen LogP contribution in [0.2, 0.25) is 0 Å². The second kappa shape index (κ2) is 10.9. The second-order valence-electron chi connectivity index (χ2n) is 5.72. The average Bonchev–Trinajstić information content (AvgIpc) is 2.57. The first-order valence-corrected chi connectivity index (χ1v) is 8.71. The van der Waals surface area contributed by atoms with Crippen molar-refractivity contribution in [3.05, 3.63) is 60.2 Å². The lowest BCUT2D eigenvalue weighted by Crippen LogP contribution is -2.36. The van der Waals surface area contributed by atoms with Crippen molar-refractivity contribution in [2.24, 2.45) is 0 Å². The Morgan fingerprint density at radius 3 is 2.25 bits per heavy atom. The fourth-order valence-electron chi connectivity index (χ4n) is 2.80. The molecule has 1 aromatic heterocycles. The maximum absolute atomic E-state index is 12.9. The molecule has 0 bridgehead atoms. The van der Waals surface area contributed by atoms with E-state index in [1.54, 1.807) is 12.1 Å². The molecule has 0 aliphatic carbocycles. The van der Waals surface area contributed by atoms with Gasteiger partial charge in [0.15, 0.2) is 0 Å². The fourth-order valence-corrected chi connectivity index (χ4v) is 3.91. The molecular weight excluding hydrogens is 366 g/mol. The zero-order valence-corrected chi connectivity index (χ0v) is 15.9. The molecule has 0 unspecified atom stereocenters. The molecule has 1 saturated heterocycles. The van der Waals surface area contributed by atoms with Gasteiger partial charge in [0.1, 0.15) is 5.82 Å². The van der Waals surface area contributed by atoms with Gasteiger partial charge in [0.05, 0.1) is 0 Å². The van der Waals surface area contributed by atoms with Crippen LogP contribution in [0.25, 0.3) is 0 Å². The summed E-state index contributed by atoms with van der Waals surface area (Å²) >= 11 is 1.97. The molecule has 2 aromatic rings. The Bertz CT molecular complexity index is 575. The molecule has 6 heteroatoms. The van der Waals surface area contributed by atoms with Crippen molar-refractivity contribution in [3.63, 3.8) is 0 Å². The van der Waals surface area contributed by atoms with E-state index >= 15 is 0 Å². The Morgan fingerprint density at radius 1 is 1.00 bits per heavy atom. The number of thioether (sulfide) groups is 1. The van der Waals surface area contributed by atoms with Gasteiger partial charge in [-0.05, 0) is 62.2 Å². The molecule has 1 aromatic carbocycles. The minimum atomic E-state index is -0.155. The maximum atomic E-state index is 12.9. The van der Waals surface area contributed by atoms with Crippen LogP contribution in [0.3, 0.4) is 0 Å². The quantitative estimate of drug-likeness (QED) is 0.726. The smallest absolute Gasteiger partial charge is 0.123 e. The van der Waals surface area contributed by atoms with Gasteiger partial charge in [0.25, 0.3) is 0 Å². The average molecular weight is 389 g/mol. The van der Waals surface area contributed by atoms with Crippen LogP contribution in [-0.2, 0) is 6.42 Å². The van der Waals surface area contributed by atoms with Crippen molar-refractivity contribution < 1.29 is 4.39 Å². The van der Waals surface area contributed by atoms with Gasteiger partial charge in [-0.3, -0.25) is 4.98 Å². The summed E-state index contributed by atoms with van der Waals surface area (Å²) in [5.41, 5.74) is 1.22. The number of likely N-dealkylation sites (tertiary alicyclic amines) is 1. The molecular formula is C18H23Cl2FN2S. The highest BCUT2D eigenvalue weighted by Gasteiger charge is 2.19. The second-order valence-corrected chi connectivity index (χ2v) is 7.09. The first-order chi connectivity index (χ1) is 10.8. The number of rotatable bonds is 5. The molecule has 3 rings (SSSR count). The predicted octanol–water partition coefficient (Wildman–Crippen LogP) is 4.86. The standard InChI is InChI=1S/C18H21FN2S.2ClH/c19-16-3-1-15(2-4-16)7-12-21-13-8-18(9-14-21)22-17-5-10-20-11-6-17;;/h1-6,10-11,18H,7-9,12-14H2;2*1H. The van der Waals surface area contributed by atoms with Gasteiger partial charge >= 0.3 is 0 Å². The summed E-state index contributed by atoms with van der Waals surface area (Å²) < 4.78 is 12.9. The van der Waals surface area contributed by atoms with E-state index in [-0.39, 0.29) is 30.6 Å². The van der Waals surface area contributed by atoms with Gasteiger partial charge < -0.3 is 4.90 Å². The first kappa shape index (κ1) is 21.2. The minimum absolute atomic E-state index is 0. The molecule has 1 fully saturated rings. The molecule has 0 spiro atoms. The summed E-state index contributed by atoms with van der Waals surface area (Å²) in [7, 11) is 0. The summed E-state index contributed by atoms with van der Waals surface area (Å²) in [4.78, 5) is 7.90. The minimum Gasteiger partial charge on any atom is -0.303 e. The third-order valence-electron chi connectivity index (χ3n) is 4.12. The lowest BCUT2D eigenvalue weighted by molar-refractivity contribution is 0.235. The zero-order chi connectivity index (χ0) is 15.2. The highest BCUT2D eigenvalue weighted by Crippen LogP contribution is 2.29. The van der Waals surface area contributed by atoms with Crippen LogP contribution in [0.4, 0.5) is 4.39 Å². The van der Waals surface area contributed by atoms with Gasteiger partial charge in [0, 0.05) is 29.1 Å². The summed E-state index contributed by atoms with van der Waals surface area (Å²) in [5.74, 6) is -0.155. The molecule has 0 atom stereocenters. The van der Waals surface area contributed by atoms with Crippen molar-refractivity contribution in [3.8, 4) is 0 Å². The van der Waals surface area contributed by atoms with Gasteiger partial charge in [0.2, 0.25) is 0 Å². The Morgan fingerprint density at radius 2 is 1.62 bits per heavy atom. The lowest BCUT2D eigenvalue weighted by atomic mass is 10.1. The molecule has 0 saturated carbocycles. The van der Waals surface area contributed by atoms with Crippen molar-refractivity contribution in [1.29, 1.82) is 0 Å². The number of piperidine rings is 1. The SMILES string of the molecule is Cl.Cl.Fc1ccc(CCN2CCC(Sc3ccncc3)CC2)cc1. The van der Waals surface area contributed by atoms with Gasteiger partial charge in [-0.2, -0.15) is 0 Å². The highest BCUT2D eigenvalue weighted by atomic mass is 35.5. The largest absolute Gasteiger partial charge is 0.303 e. The lowest BCUT2D eigenvalue weighted by Gasteiger charge is -2.31. The van der Waals surface area contributed by atoms with E-state index in [0.29, 0.717) is 5.25 Å². The number of aromatic nitrogens is 1. The molecule has 1 aliphatic rings. The number of hydrogen-bond donors (Lipinski definition) is 0. The Balaban J connectivity index is 0.00000144. The Kier molecular flexibility index (Phi) is 9.67. The number of nitrogens with zero attached hydrogens (tertiary/aromatic N) is 2. The third-order valence-corrected chi connectivity index (χ3v) is 5.47. The number of halogens is 3. The predicted molar refractivity (Wildman–Crippen MR) is 104 cm³/mol. The van der Waals surface area contributed by atoms with E-state index in [2.05, 4.69) is 22.0 Å². The van der Waals surface area contributed by atoms with Crippen LogP contribution in [0.5, 0.6) is 0 Å². The van der Waals surface area contributed by atoms with E-state index in [0.717, 1.165) is 26.1 Å².